The van der Waals surface area contributed by atoms with Crippen LogP contribution in [-0.4, -0.2) is 61.5 Å². The van der Waals surface area contributed by atoms with E-state index in [1.807, 2.05) is 48.5 Å². The summed E-state index contributed by atoms with van der Waals surface area (Å²) in [7, 11) is 1.70. The number of carbonyl (C=O) groups excluding carboxylic acids is 1. The molecule has 0 radical (unpaired) electrons. The van der Waals surface area contributed by atoms with Gasteiger partial charge in [0, 0.05) is 23.7 Å². The Morgan fingerprint density at radius 2 is 1.87 bits per heavy atom. The van der Waals surface area contributed by atoms with Crippen molar-refractivity contribution < 1.29 is 24.1 Å². The van der Waals surface area contributed by atoms with Crippen molar-refractivity contribution in [1.29, 1.82) is 0 Å². The number of fused-ring (bicyclic) bond motifs is 1. The van der Waals surface area contributed by atoms with E-state index in [-0.39, 0.29) is 10.6 Å². The van der Waals surface area contributed by atoms with E-state index in [2.05, 4.69) is 4.99 Å². The largest absolute Gasteiger partial charge is 0.462 e. The van der Waals surface area contributed by atoms with Gasteiger partial charge in [-0.1, -0.05) is 42.5 Å². The lowest BCUT2D eigenvalue weighted by molar-refractivity contribution is -1.12. The molecule has 1 fully saturated rings. The molecule has 0 aromatic heterocycles. The number of hydrogen-bond donors (Lipinski definition) is 1. The Morgan fingerprint density at radius 1 is 1.13 bits per heavy atom. The number of rotatable bonds is 5. The SMILES string of the molecule is CCOC(=O)C1=C(c2ccccc2)c2ccc(C[N+]3(O)CCOCC3)cc2C1=NC. The first-order chi connectivity index (χ1) is 14.6. The molecule has 0 spiro atoms. The molecule has 4 rings (SSSR count). The van der Waals surface area contributed by atoms with Crippen LogP contribution in [0.4, 0.5) is 0 Å². The first-order valence-electron chi connectivity index (χ1n) is 10.3. The first-order valence-corrected chi connectivity index (χ1v) is 10.3. The predicted octanol–water partition coefficient (Wildman–Crippen LogP) is 3.22. The number of morpholine rings is 1. The van der Waals surface area contributed by atoms with Crippen LogP contribution >= 0.6 is 0 Å². The molecule has 0 bridgehead atoms. The first kappa shape index (κ1) is 20.5. The lowest BCUT2D eigenvalue weighted by atomic mass is 9.96. The molecule has 1 N–H and O–H groups in total. The summed E-state index contributed by atoms with van der Waals surface area (Å²) >= 11 is 0. The molecule has 156 valence electrons. The summed E-state index contributed by atoms with van der Waals surface area (Å²) < 4.78 is 10.7. The number of carbonyl (C=O) groups is 1. The number of quaternary nitrogens is 1. The van der Waals surface area contributed by atoms with Crippen LogP contribution in [0.1, 0.15) is 29.2 Å². The van der Waals surface area contributed by atoms with E-state index in [4.69, 9.17) is 9.47 Å². The molecule has 0 amide bonds. The normalized spacial score (nSPS) is 19.1. The minimum Gasteiger partial charge on any atom is -0.462 e. The van der Waals surface area contributed by atoms with Gasteiger partial charge < -0.3 is 9.47 Å². The molecule has 6 heteroatoms. The Hall–Kier alpha value is -2.80. The molecular formula is C24H27N2O4+. The van der Waals surface area contributed by atoms with Gasteiger partial charge in [-0.15, -0.1) is 0 Å². The second-order valence-corrected chi connectivity index (χ2v) is 7.60. The van der Waals surface area contributed by atoms with Gasteiger partial charge in [-0.2, -0.15) is 4.65 Å². The number of aliphatic imine (C=N–C) groups is 1. The molecule has 2 aromatic rings. The van der Waals surface area contributed by atoms with Crippen molar-refractivity contribution >= 4 is 17.3 Å². The maximum Gasteiger partial charge on any atom is 0.340 e. The summed E-state index contributed by atoms with van der Waals surface area (Å²) in [6.45, 7) is 4.82. The van der Waals surface area contributed by atoms with Crippen molar-refractivity contribution in [3.63, 3.8) is 0 Å². The van der Waals surface area contributed by atoms with Crippen molar-refractivity contribution in [3.05, 3.63) is 76.4 Å². The van der Waals surface area contributed by atoms with Crippen LogP contribution in [0.5, 0.6) is 0 Å². The number of nitrogens with zero attached hydrogens (tertiary/aromatic N) is 2. The minimum absolute atomic E-state index is 0.0406. The molecule has 6 nitrogen and oxygen atoms in total. The van der Waals surface area contributed by atoms with Crippen LogP contribution in [0.15, 0.2) is 59.1 Å². The van der Waals surface area contributed by atoms with Gasteiger partial charge in [-0.25, -0.2) is 10.0 Å². The predicted molar refractivity (Wildman–Crippen MR) is 114 cm³/mol. The second-order valence-electron chi connectivity index (χ2n) is 7.60. The third-order valence-corrected chi connectivity index (χ3v) is 5.64. The van der Waals surface area contributed by atoms with E-state index in [0.717, 1.165) is 27.8 Å². The van der Waals surface area contributed by atoms with E-state index in [9.17, 15) is 10.0 Å². The highest BCUT2D eigenvalue weighted by Crippen LogP contribution is 2.39. The molecule has 2 aromatic carbocycles. The average molecular weight is 407 g/mol. The average Bonchev–Trinajstić information content (AvgIpc) is 3.08. The molecule has 1 aliphatic carbocycles. The topological polar surface area (TPSA) is 68.1 Å². The van der Waals surface area contributed by atoms with Gasteiger partial charge in [0.1, 0.15) is 19.6 Å². The molecule has 1 saturated heterocycles. The maximum absolute atomic E-state index is 12.9. The van der Waals surface area contributed by atoms with Gasteiger partial charge in [-0.3, -0.25) is 4.99 Å². The van der Waals surface area contributed by atoms with E-state index in [1.165, 1.54) is 0 Å². The van der Waals surface area contributed by atoms with Crippen LogP contribution in [0.2, 0.25) is 0 Å². The summed E-state index contributed by atoms with van der Waals surface area (Å²) in [5.74, 6) is -0.367. The number of benzene rings is 2. The van der Waals surface area contributed by atoms with Crippen LogP contribution in [0, 0.1) is 0 Å². The van der Waals surface area contributed by atoms with Crippen molar-refractivity contribution in [2.24, 2.45) is 4.99 Å². The van der Waals surface area contributed by atoms with E-state index in [0.29, 0.717) is 50.7 Å². The van der Waals surface area contributed by atoms with Gasteiger partial charge in [0.15, 0.2) is 0 Å². The molecule has 30 heavy (non-hydrogen) atoms. The summed E-state index contributed by atoms with van der Waals surface area (Å²) in [5, 5.41) is 10.9. The molecule has 0 unspecified atom stereocenters. The maximum atomic E-state index is 12.9. The fourth-order valence-corrected chi connectivity index (χ4v) is 4.21. The highest BCUT2D eigenvalue weighted by atomic mass is 16.6. The third-order valence-electron chi connectivity index (χ3n) is 5.64. The van der Waals surface area contributed by atoms with Crippen LogP contribution < -0.4 is 0 Å². The Morgan fingerprint density at radius 3 is 2.53 bits per heavy atom. The highest BCUT2D eigenvalue weighted by Gasteiger charge is 2.35. The van der Waals surface area contributed by atoms with Crippen LogP contribution in [0.3, 0.4) is 0 Å². The Kier molecular flexibility index (Phi) is 5.81. The van der Waals surface area contributed by atoms with Gasteiger partial charge in [0.2, 0.25) is 0 Å². The third kappa shape index (κ3) is 3.81. The van der Waals surface area contributed by atoms with Crippen molar-refractivity contribution in [2.75, 3.05) is 40.0 Å². The molecule has 0 atom stereocenters. The standard InChI is InChI=1S/C24H27N2O4/c1-3-30-24(27)22-21(18-7-5-4-6-8-18)19-10-9-17(15-20(19)23(22)25-2)16-26(28)11-13-29-14-12-26/h4-10,15,28H,3,11-14,16H2,1-2H3/q+1. The Bertz CT molecular complexity index is 1010. The zero-order valence-corrected chi connectivity index (χ0v) is 17.4. The number of ether oxygens (including phenoxy) is 2. The fourth-order valence-electron chi connectivity index (χ4n) is 4.21. The van der Waals surface area contributed by atoms with Crippen molar-refractivity contribution in [3.8, 4) is 0 Å². The quantitative estimate of drug-likeness (QED) is 0.610. The minimum atomic E-state index is -0.367. The highest BCUT2D eigenvalue weighted by molar-refractivity contribution is 6.37. The lowest BCUT2D eigenvalue weighted by Crippen LogP contribution is -2.51. The number of esters is 1. The van der Waals surface area contributed by atoms with Gasteiger partial charge in [-0.05, 0) is 24.1 Å². The van der Waals surface area contributed by atoms with Crippen molar-refractivity contribution in [1.82, 2.24) is 0 Å². The summed E-state index contributed by atoms with van der Waals surface area (Å²) in [4.78, 5) is 17.4. The van der Waals surface area contributed by atoms with Gasteiger partial charge in [0.25, 0.3) is 0 Å². The van der Waals surface area contributed by atoms with Gasteiger partial charge >= 0.3 is 5.97 Å². The monoisotopic (exact) mass is 407 g/mol. The zero-order chi connectivity index (χ0) is 21.1. The Balaban J connectivity index is 1.79. The molecule has 2 aliphatic rings. The lowest BCUT2D eigenvalue weighted by Gasteiger charge is -2.33. The molecule has 1 aliphatic heterocycles. The van der Waals surface area contributed by atoms with Crippen LogP contribution in [-0.2, 0) is 20.8 Å². The van der Waals surface area contributed by atoms with Crippen LogP contribution in [0.25, 0.3) is 5.57 Å². The fraction of sp³-hybridized carbons (Fsp3) is 0.333. The molecular weight excluding hydrogens is 380 g/mol. The molecule has 1 heterocycles. The van der Waals surface area contributed by atoms with E-state index in [1.54, 1.807) is 14.0 Å². The Labute approximate surface area is 176 Å². The van der Waals surface area contributed by atoms with E-state index >= 15 is 0 Å². The van der Waals surface area contributed by atoms with Gasteiger partial charge in [0.05, 0.1) is 31.1 Å². The van der Waals surface area contributed by atoms with E-state index < -0.39 is 0 Å². The summed E-state index contributed by atoms with van der Waals surface area (Å²) in [6.07, 6.45) is 0. The zero-order valence-electron chi connectivity index (χ0n) is 17.4. The second kappa shape index (κ2) is 8.52. The summed E-state index contributed by atoms with van der Waals surface area (Å²) in [5.41, 5.74) is 5.78. The summed E-state index contributed by atoms with van der Waals surface area (Å²) in [6, 6.07) is 15.9. The number of hydroxylamine groups is 3. The molecule has 0 saturated carbocycles. The van der Waals surface area contributed by atoms with Crippen molar-refractivity contribution in [2.45, 2.75) is 13.5 Å². The number of hydrogen-bond acceptors (Lipinski definition) is 5. The smallest absolute Gasteiger partial charge is 0.340 e.